The number of aromatic nitrogens is 6. The SMILES string of the molecule is Cn1c(CNc2cccc(C(=O)NC3(c4cccnc4)CCC3)c2)nnc1-c1ccncn1. The predicted octanol–water partition coefficient (Wildman–Crippen LogP) is 3.09. The van der Waals surface area contributed by atoms with Crippen LogP contribution in [0.4, 0.5) is 5.69 Å². The summed E-state index contributed by atoms with van der Waals surface area (Å²) in [5.74, 6) is 1.33. The molecule has 166 valence electrons. The van der Waals surface area contributed by atoms with Crippen molar-refractivity contribution in [3.8, 4) is 11.5 Å². The first-order valence-corrected chi connectivity index (χ1v) is 10.9. The molecule has 0 saturated heterocycles. The first-order chi connectivity index (χ1) is 16.1. The minimum absolute atomic E-state index is 0.0908. The number of benzene rings is 1. The van der Waals surface area contributed by atoms with Gasteiger partial charge in [-0.1, -0.05) is 12.1 Å². The highest BCUT2D eigenvalue weighted by Crippen LogP contribution is 2.41. The van der Waals surface area contributed by atoms with E-state index >= 15 is 0 Å². The summed E-state index contributed by atoms with van der Waals surface area (Å²) in [7, 11) is 1.90. The normalized spacial score (nSPS) is 14.3. The minimum Gasteiger partial charge on any atom is -0.378 e. The molecular weight excluding hydrogens is 416 g/mol. The number of anilines is 1. The fraction of sp³-hybridized carbons (Fsp3) is 0.250. The van der Waals surface area contributed by atoms with Crippen LogP contribution in [0.2, 0.25) is 0 Å². The van der Waals surface area contributed by atoms with E-state index in [2.05, 4.69) is 35.8 Å². The van der Waals surface area contributed by atoms with Gasteiger partial charge in [0.15, 0.2) is 11.6 Å². The zero-order chi connectivity index (χ0) is 22.7. The lowest BCUT2D eigenvalue weighted by molar-refractivity contribution is 0.0823. The van der Waals surface area contributed by atoms with E-state index in [4.69, 9.17) is 0 Å². The summed E-state index contributed by atoms with van der Waals surface area (Å²) in [4.78, 5) is 25.5. The minimum atomic E-state index is -0.329. The topological polar surface area (TPSA) is 111 Å². The molecule has 3 aromatic heterocycles. The lowest BCUT2D eigenvalue weighted by Gasteiger charge is -2.42. The molecule has 1 saturated carbocycles. The van der Waals surface area contributed by atoms with Gasteiger partial charge < -0.3 is 15.2 Å². The van der Waals surface area contributed by atoms with Crippen molar-refractivity contribution in [2.75, 3.05) is 5.32 Å². The summed E-state index contributed by atoms with van der Waals surface area (Å²) >= 11 is 0. The van der Waals surface area contributed by atoms with E-state index in [-0.39, 0.29) is 11.4 Å². The molecular formula is C24H24N8O. The van der Waals surface area contributed by atoms with E-state index in [0.717, 1.165) is 36.3 Å². The Labute approximate surface area is 191 Å². The van der Waals surface area contributed by atoms with E-state index in [1.54, 1.807) is 18.5 Å². The summed E-state index contributed by atoms with van der Waals surface area (Å²) < 4.78 is 1.89. The Morgan fingerprint density at radius 1 is 1.09 bits per heavy atom. The second-order valence-electron chi connectivity index (χ2n) is 8.16. The van der Waals surface area contributed by atoms with Gasteiger partial charge in [-0.2, -0.15) is 0 Å². The highest BCUT2D eigenvalue weighted by atomic mass is 16.1. The van der Waals surface area contributed by atoms with Crippen molar-refractivity contribution in [2.45, 2.75) is 31.3 Å². The van der Waals surface area contributed by atoms with Crippen LogP contribution in [-0.2, 0) is 19.1 Å². The Morgan fingerprint density at radius 3 is 2.73 bits per heavy atom. The van der Waals surface area contributed by atoms with Crippen LogP contribution in [0.3, 0.4) is 0 Å². The average molecular weight is 441 g/mol. The highest BCUT2D eigenvalue weighted by molar-refractivity contribution is 5.95. The zero-order valence-corrected chi connectivity index (χ0v) is 18.3. The molecule has 2 N–H and O–H groups in total. The van der Waals surface area contributed by atoms with Gasteiger partial charge in [0.05, 0.1) is 12.1 Å². The zero-order valence-electron chi connectivity index (χ0n) is 18.3. The maximum Gasteiger partial charge on any atom is 0.252 e. The molecule has 1 aromatic carbocycles. The van der Waals surface area contributed by atoms with E-state index in [9.17, 15) is 4.79 Å². The predicted molar refractivity (Wildman–Crippen MR) is 123 cm³/mol. The molecule has 3 heterocycles. The number of hydrogen-bond acceptors (Lipinski definition) is 7. The molecule has 1 aliphatic rings. The summed E-state index contributed by atoms with van der Waals surface area (Å²) in [6, 6.07) is 13.2. The molecule has 33 heavy (non-hydrogen) atoms. The number of pyridine rings is 1. The number of nitrogens with one attached hydrogen (secondary N) is 2. The number of rotatable bonds is 7. The van der Waals surface area contributed by atoms with Crippen LogP contribution in [0.1, 0.15) is 41.0 Å². The molecule has 1 aliphatic carbocycles. The smallest absolute Gasteiger partial charge is 0.252 e. The average Bonchev–Trinajstić information content (AvgIpc) is 3.21. The molecule has 9 heteroatoms. The number of hydrogen-bond donors (Lipinski definition) is 2. The number of carbonyl (C=O) groups excluding carboxylic acids is 1. The van der Waals surface area contributed by atoms with Crippen molar-refractivity contribution in [2.24, 2.45) is 7.05 Å². The van der Waals surface area contributed by atoms with E-state index in [1.165, 1.54) is 6.33 Å². The number of carbonyl (C=O) groups is 1. The van der Waals surface area contributed by atoms with Gasteiger partial charge >= 0.3 is 0 Å². The van der Waals surface area contributed by atoms with Gasteiger partial charge in [-0.3, -0.25) is 9.78 Å². The van der Waals surface area contributed by atoms with Crippen molar-refractivity contribution >= 4 is 11.6 Å². The second-order valence-corrected chi connectivity index (χ2v) is 8.16. The van der Waals surface area contributed by atoms with E-state index in [1.807, 2.05) is 54.2 Å². The second kappa shape index (κ2) is 8.78. The standard InChI is InChI=1S/C24H24N8O/c1-32-21(30-31-22(32)20-8-12-26-16-28-20)15-27-19-7-2-5-17(13-19)23(33)29-24(9-4-10-24)18-6-3-11-25-14-18/h2-3,5-8,11-14,16,27H,4,9-10,15H2,1H3,(H,29,33). The largest absolute Gasteiger partial charge is 0.378 e. The fourth-order valence-electron chi connectivity index (χ4n) is 4.06. The summed E-state index contributed by atoms with van der Waals surface area (Å²) in [6.07, 6.45) is 9.68. The van der Waals surface area contributed by atoms with Crippen LogP contribution in [-0.4, -0.2) is 35.6 Å². The van der Waals surface area contributed by atoms with Crippen LogP contribution in [0.25, 0.3) is 11.5 Å². The highest BCUT2D eigenvalue weighted by Gasteiger charge is 2.40. The molecule has 1 amide bonds. The maximum atomic E-state index is 13.1. The third-order valence-electron chi connectivity index (χ3n) is 6.13. The molecule has 0 bridgehead atoms. The Hall–Kier alpha value is -4.14. The fourth-order valence-corrected chi connectivity index (χ4v) is 4.06. The van der Waals surface area contributed by atoms with Crippen LogP contribution in [0.5, 0.6) is 0 Å². The monoisotopic (exact) mass is 440 g/mol. The first-order valence-electron chi connectivity index (χ1n) is 10.9. The summed E-state index contributed by atoms with van der Waals surface area (Å²) in [5, 5.41) is 15.1. The third-order valence-corrected chi connectivity index (χ3v) is 6.13. The Morgan fingerprint density at radius 2 is 2.00 bits per heavy atom. The quantitative estimate of drug-likeness (QED) is 0.454. The maximum absolute atomic E-state index is 13.1. The lowest BCUT2D eigenvalue weighted by Crippen LogP contribution is -2.50. The van der Waals surface area contributed by atoms with Crippen LogP contribution in [0, 0.1) is 0 Å². The summed E-state index contributed by atoms with van der Waals surface area (Å²) in [6.45, 7) is 0.458. The van der Waals surface area contributed by atoms with Crippen molar-refractivity contribution in [3.63, 3.8) is 0 Å². The molecule has 0 atom stereocenters. The number of amides is 1. The van der Waals surface area contributed by atoms with Crippen molar-refractivity contribution in [1.82, 2.24) is 35.0 Å². The molecule has 0 aliphatic heterocycles. The summed E-state index contributed by atoms with van der Waals surface area (Å²) in [5.41, 5.74) is 2.88. The Balaban J connectivity index is 1.27. The van der Waals surface area contributed by atoms with Gasteiger partial charge in [-0.05, 0) is 55.2 Å². The lowest BCUT2D eigenvalue weighted by atomic mass is 9.72. The van der Waals surface area contributed by atoms with Gasteiger partial charge in [0.25, 0.3) is 5.91 Å². The van der Waals surface area contributed by atoms with Gasteiger partial charge in [0, 0.05) is 36.9 Å². The molecule has 1 fully saturated rings. The van der Waals surface area contributed by atoms with Gasteiger partial charge in [-0.15, -0.1) is 10.2 Å². The third kappa shape index (κ3) is 4.17. The van der Waals surface area contributed by atoms with E-state index in [0.29, 0.717) is 23.6 Å². The van der Waals surface area contributed by atoms with Crippen molar-refractivity contribution in [1.29, 1.82) is 0 Å². The van der Waals surface area contributed by atoms with E-state index < -0.39 is 0 Å². The van der Waals surface area contributed by atoms with Crippen LogP contribution in [0.15, 0.2) is 67.4 Å². The molecule has 9 nitrogen and oxygen atoms in total. The molecule has 0 radical (unpaired) electrons. The molecule has 0 spiro atoms. The number of nitrogens with zero attached hydrogens (tertiary/aromatic N) is 6. The van der Waals surface area contributed by atoms with Crippen molar-refractivity contribution < 1.29 is 4.79 Å². The molecule has 5 rings (SSSR count). The van der Waals surface area contributed by atoms with Crippen LogP contribution >= 0.6 is 0 Å². The first kappa shape index (κ1) is 20.7. The van der Waals surface area contributed by atoms with Gasteiger partial charge in [-0.25, -0.2) is 9.97 Å². The molecule has 0 unspecified atom stereocenters. The molecule has 4 aromatic rings. The van der Waals surface area contributed by atoms with Gasteiger partial charge in [0.2, 0.25) is 0 Å². The van der Waals surface area contributed by atoms with Crippen molar-refractivity contribution in [3.05, 3.63) is 84.3 Å². The van der Waals surface area contributed by atoms with Gasteiger partial charge in [0.1, 0.15) is 12.0 Å². The Bertz CT molecular complexity index is 1250. The van der Waals surface area contributed by atoms with Crippen LogP contribution < -0.4 is 10.6 Å². The Kier molecular flexibility index (Phi) is 5.52.